The number of aliphatic imine (C=N–C) groups is 1. The number of carboxylic acids is 1. The molecule has 0 aliphatic rings. The Morgan fingerprint density at radius 1 is 1.00 bits per heavy atom. The monoisotopic (exact) mass is 336 g/mol. The fourth-order valence-electron chi connectivity index (χ4n) is 2.31. The van der Waals surface area contributed by atoms with Crippen LogP contribution in [0.1, 0.15) is 64.7 Å². The summed E-state index contributed by atoms with van der Waals surface area (Å²) in [4.78, 5) is 16.7. The molecule has 0 aromatic rings. The minimum atomic E-state index is -0.822. The van der Waals surface area contributed by atoms with Gasteiger partial charge in [-0.2, -0.15) is 0 Å². The van der Waals surface area contributed by atoms with Crippen molar-refractivity contribution < 1.29 is 39.0 Å². The van der Waals surface area contributed by atoms with E-state index < -0.39 is 5.97 Å². The molecule has 0 aromatic carbocycles. The molecule has 0 bridgehead atoms. The van der Waals surface area contributed by atoms with Crippen LogP contribution in [-0.4, -0.2) is 59.8 Å². The number of rotatable bonds is 16. The van der Waals surface area contributed by atoms with E-state index in [-0.39, 0.29) is 37.8 Å². The molecule has 136 valence electrons. The minimum absolute atomic E-state index is 0. The van der Waals surface area contributed by atoms with Gasteiger partial charge in [-0.25, -0.2) is 0 Å². The van der Waals surface area contributed by atoms with Gasteiger partial charge in [-0.05, 0) is 38.1 Å². The summed E-state index contributed by atoms with van der Waals surface area (Å²) in [5.74, 6) is -0.868. The number of hydrogen-bond acceptors (Lipinski definition) is 5. The Bertz CT molecular complexity index is 328. The number of aliphatic hydroxyl groups is 1. The van der Waals surface area contributed by atoms with Gasteiger partial charge in [0.2, 0.25) is 0 Å². The molecule has 0 atom stereocenters. The molecule has 0 spiro atoms. The van der Waals surface area contributed by atoms with Crippen molar-refractivity contribution in [2.75, 3.05) is 32.8 Å². The number of hydrogen-bond donors (Lipinski definition) is 2. The first kappa shape index (κ1) is 25.7. The van der Waals surface area contributed by atoms with E-state index in [4.69, 9.17) is 10.2 Å². The predicted octanol–water partition coefficient (Wildman–Crippen LogP) is -1.34. The van der Waals surface area contributed by atoms with E-state index in [0.29, 0.717) is 32.5 Å². The Labute approximate surface area is 158 Å². The van der Waals surface area contributed by atoms with Crippen molar-refractivity contribution in [3.8, 4) is 0 Å². The van der Waals surface area contributed by atoms with Crippen LogP contribution in [0.25, 0.3) is 0 Å². The number of carboxylic acid groups (broad SMARTS) is 1. The van der Waals surface area contributed by atoms with E-state index >= 15 is 0 Å². The molecular weight excluding hydrogens is 303 g/mol. The molecule has 0 rings (SSSR count). The van der Waals surface area contributed by atoms with Gasteiger partial charge in [0.1, 0.15) is 0 Å². The third-order valence-electron chi connectivity index (χ3n) is 3.72. The summed E-state index contributed by atoms with van der Waals surface area (Å²) in [6, 6.07) is 0. The Morgan fingerprint density at radius 2 is 1.71 bits per heavy atom. The standard InChI is InChI=1S/C17H34N2O4.Li/c1-2-3-4-5-6-9-16(21)18-11-14-19(12-7-8-15-20)13-10-17(22)23;/h20H,2-15H2,1H3,(H,18,21)(H,22,23);/q;+1/p-1. The maximum absolute atomic E-state index is 11.7. The molecule has 6 nitrogen and oxygen atoms in total. The number of nitrogens with zero attached hydrogens (tertiary/aromatic N) is 2. The number of aliphatic carboxylic acids is 1. The predicted molar refractivity (Wildman–Crippen MR) is 90.7 cm³/mol. The molecule has 0 radical (unpaired) electrons. The molecule has 0 saturated carbocycles. The van der Waals surface area contributed by atoms with E-state index in [2.05, 4.69) is 11.9 Å². The van der Waals surface area contributed by atoms with Gasteiger partial charge in [0.25, 0.3) is 0 Å². The number of aliphatic hydroxyl groups excluding tert-OH is 1. The van der Waals surface area contributed by atoms with Crippen LogP contribution in [0.15, 0.2) is 4.99 Å². The van der Waals surface area contributed by atoms with Crippen molar-refractivity contribution in [1.29, 1.82) is 0 Å². The van der Waals surface area contributed by atoms with Crippen LogP contribution in [0.4, 0.5) is 0 Å². The second-order valence-electron chi connectivity index (χ2n) is 5.86. The summed E-state index contributed by atoms with van der Waals surface area (Å²) >= 11 is 0. The second kappa shape index (κ2) is 18.8. The molecule has 0 unspecified atom stereocenters. The smallest absolute Gasteiger partial charge is 0.862 e. The van der Waals surface area contributed by atoms with E-state index in [0.717, 1.165) is 25.8 Å². The first-order valence-electron chi connectivity index (χ1n) is 8.85. The molecule has 0 saturated heterocycles. The van der Waals surface area contributed by atoms with E-state index in [9.17, 15) is 9.90 Å². The van der Waals surface area contributed by atoms with E-state index in [1.54, 1.807) is 0 Å². The van der Waals surface area contributed by atoms with Crippen LogP contribution in [0.5, 0.6) is 0 Å². The summed E-state index contributed by atoms with van der Waals surface area (Å²) in [5, 5.41) is 29.2. The Hall–Kier alpha value is -0.543. The third-order valence-corrected chi connectivity index (χ3v) is 3.72. The summed E-state index contributed by atoms with van der Waals surface area (Å²) < 4.78 is 0. The molecule has 0 aliphatic carbocycles. The van der Waals surface area contributed by atoms with Crippen molar-refractivity contribution in [1.82, 2.24) is 4.90 Å². The molecular formula is C17H33LiN2O4. The fraction of sp³-hybridized carbons (Fsp3) is 0.882. The Balaban J connectivity index is 0. The van der Waals surface area contributed by atoms with Gasteiger partial charge in [-0.3, -0.25) is 4.79 Å². The minimum Gasteiger partial charge on any atom is -0.862 e. The van der Waals surface area contributed by atoms with Crippen molar-refractivity contribution in [2.24, 2.45) is 4.99 Å². The zero-order valence-electron chi connectivity index (χ0n) is 15.5. The molecule has 7 heteroatoms. The van der Waals surface area contributed by atoms with Crippen molar-refractivity contribution in [3.63, 3.8) is 0 Å². The van der Waals surface area contributed by atoms with Crippen molar-refractivity contribution in [2.45, 2.75) is 64.7 Å². The van der Waals surface area contributed by atoms with Gasteiger partial charge in [0, 0.05) is 19.7 Å². The van der Waals surface area contributed by atoms with Crippen LogP contribution in [0.3, 0.4) is 0 Å². The average molecular weight is 336 g/mol. The van der Waals surface area contributed by atoms with E-state index in [1.165, 1.54) is 19.3 Å². The summed E-state index contributed by atoms with van der Waals surface area (Å²) in [7, 11) is 0. The number of unbranched alkanes of at least 4 members (excludes halogenated alkanes) is 5. The molecule has 2 N–H and O–H groups in total. The molecule has 0 heterocycles. The summed E-state index contributed by atoms with van der Waals surface area (Å²) in [6.07, 6.45) is 7.71. The van der Waals surface area contributed by atoms with Crippen molar-refractivity contribution in [3.05, 3.63) is 0 Å². The first-order valence-corrected chi connectivity index (χ1v) is 8.85. The van der Waals surface area contributed by atoms with Crippen LogP contribution in [0, 0.1) is 0 Å². The fourth-order valence-corrected chi connectivity index (χ4v) is 2.31. The molecule has 0 fully saturated rings. The van der Waals surface area contributed by atoms with Gasteiger partial charge in [0.05, 0.1) is 13.0 Å². The van der Waals surface area contributed by atoms with Crippen LogP contribution < -0.4 is 24.0 Å². The van der Waals surface area contributed by atoms with Gasteiger partial charge in [0.15, 0.2) is 0 Å². The summed E-state index contributed by atoms with van der Waals surface area (Å²) in [6.45, 7) is 4.52. The molecule has 0 amide bonds. The summed E-state index contributed by atoms with van der Waals surface area (Å²) in [5.41, 5.74) is 0. The van der Waals surface area contributed by atoms with Gasteiger partial charge >= 0.3 is 24.8 Å². The maximum atomic E-state index is 11.7. The normalized spacial score (nSPS) is 11.5. The first-order chi connectivity index (χ1) is 11.1. The molecule has 24 heavy (non-hydrogen) atoms. The van der Waals surface area contributed by atoms with Gasteiger partial charge in [-0.15, -0.1) is 0 Å². The van der Waals surface area contributed by atoms with Gasteiger partial charge < -0.3 is 25.2 Å². The zero-order chi connectivity index (χ0) is 17.3. The maximum Gasteiger partial charge on any atom is 1.00 e. The van der Waals surface area contributed by atoms with Crippen LogP contribution in [-0.2, 0) is 4.79 Å². The zero-order valence-corrected chi connectivity index (χ0v) is 15.5. The number of carbonyl (C=O) groups is 1. The van der Waals surface area contributed by atoms with Gasteiger partial charge in [-0.1, -0.05) is 32.6 Å². The quantitative estimate of drug-likeness (QED) is 0.157. The third kappa shape index (κ3) is 17.8. The van der Waals surface area contributed by atoms with E-state index in [1.807, 2.05) is 4.90 Å². The SMILES string of the molecule is CCCCCCCC([O-])=NCCN(CCCCO)CCC(=O)O.[Li+]. The molecule has 0 aromatic heterocycles. The largest absolute Gasteiger partial charge is 1.00 e. The van der Waals surface area contributed by atoms with Crippen LogP contribution in [0.2, 0.25) is 0 Å². The molecule has 0 aliphatic heterocycles. The average Bonchev–Trinajstić information content (AvgIpc) is 2.52. The Morgan fingerprint density at radius 3 is 2.33 bits per heavy atom. The van der Waals surface area contributed by atoms with Crippen molar-refractivity contribution >= 4 is 11.9 Å². The topological polar surface area (TPSA) is 96.2 Å². The Kier molecular flexibility index (Phi) is 20.1. The second-order valence-corrected chi connectivity index (χ2v) is 5.86. The van der Waals surface area contributed by atoms with Crippen LogP contribution >= 0.6 is 0 Å².